The monoisotopic (exact) mass is 143 g/mol. The van der Waals surface area contributed by atoms with Crippen LogP contribution in [0.25, 0.3) is 0 Å². The molecule has 0 aliphatic rings. The first-order valence-corrected chi connectivity index (χ1v) is 3.49. The minimum atomic E-state index is -0.352. The molecular formula is C7H13NO2. The van der Waals surface area contributed by atoms with Gasteiger partial charge in [0.1, 0.15) is 0 Å². The van der Waals surface area contributed by atoms with E-state index in [1.165, 1.54) is 6.92 Å². The van der Waals surface area contributed by atoms with Crippen molar-refractivity contribution in [2.24, 2.45) is 0 Å². The van der Waals surface area contributed by atoms with Crippen LogP contribution in [0.5, 0.6) is 0 Å². The van der Waals surface area contributed by atoms with Crippen molar-refractivity contribution in [2.45, 2.75) is 33.1 Å². The van der Waals surface area contributed by atoms with Gasteiger partial charge in [0.15, 0.2) is 0 Å². The fourth-order valence-electron chi connectivity index (χ4n) is 0.590. The van der Waals surface area contributed by atoms with Crippen LogP contribution < -0.4 is 0 Å². The van der Waals surface area contributed by atoms with Crippen LogP contribution >= 0.6 is 0 Å². The van der Waals surface area contributed by atoms with Gasteiger partial charge in [0, 0.05) is 6.92 Å². The third kappa shape index (κ3) is 4.06. The second-order valence-electron chi connectivity index (χ2n) is 2.24. The number of rotatable bonds is 4. The lowest BCUT2D eigenvalue weighted by molar-refractivity contribution is -0.424. The zero-order valence-electron chi connectivity index (χ0n) is 6.46. The molecule has 0 spiro atoms. The molecule has 0 bridgehead atoms. The van der Waals surface area contributed by atoms with Crippen molar-refractivity contribution < 1.29 is 4.92 Å². The lowest BCUT2D eigenvalue weighted by atomic mass is 10.2. The van der Waals surface area contributed by atoms with E-state index >= 15 is 0 Å². The standard InChI is InChI=1S/C7H13NO2/c1-3-4-5-6-7(2)8(9)10/h6H,3-5H2,1-2H3/b7-6+. The summed E-state index contributed by atoms with van der Waals surface area (Å²) in [4.78, 5) is 9.68. The van der Waals surface area contributed by atoms with Crippen LogP contribution in [0.4, 0.5) is 0 Å². The third-order valence-electron chi connectivity index (χ3n) is 1.29. The minimum Gasteiger partial charge on any atom is -0.259 e. The number of hydrogen-bond donors (Lipinski definition) is 0. The lowest BCUT2D eigenvalue weighted by Gasteiger charge is -1.89. The first kappa shape index (κ1) is 9.14. The van der Waals surface area contributed by atoms with E-state index < -0.39 is 0 Å². The smallest absolute Gasteiger partial charge is 0.239 e. The van der Waals surface area contributed by atoms with E-state index in [4.69, 9.17) is 0 Å². The van der Waals surface area contributed by atoms with E-state index in [2.05, 4.69) is 6.92 Å². The molecular weight excluding hydrogens is 130 g/mol. The quantitative estimate of drug-likeness (QED) is 0.344. The van der Waals surface area contributed by atoms with Crippen molar-refractivity contribution in [3.63, 3.8) is 0 Å². The molecule has 0 aromatic carbocycles. The Morgan fingerprint density at radius 2 is 2.30 bits per heavy atom. The number of unbranched alkanes of at least 4 members (excludes halogenated alkanes) is 2. The molecule has 0 saturated heterocycles. The van der Waals surface area contributed by atoms with Gasteiger partial charge < -0.3 is 0 Å². The highest BCUT2D eigenvalue weighted by Gasteiger charge is 1.98. The van der Waals surface area contributed by atoms with E-state index in [9.17, 15) is 10.1 Å². The minimum absolute atomic E-state index is 0.258. The van der Waals surface area contributed by atoms with Gasteiger partial charge in [-0.3, -0.25) is 10.1 Å². The highest BCUT2D eigenvalue weighted by atomic mass is 16.6. The van der Waals surface area contributed by atoms with Crippen molar-refractivity contribution in [1.29, 1.82) is 0 Å². The molecule has 0 aliphatic carbocycles. The molecule has 0 aromatic rings. The van der Waals surface area contributed by atoms with Gasteiger partial charge in [0.2, 0.25) is 5.70 Å². The Labute approximate surface area is 60.9 Å². The van der Waals surface area contributed by atoms with Crippen molar-refractivity contribution in [3.05, 3.63) is 21.9 Å². The average molecular weight is 143 g/mol. The van der Waals surface area contributed by atoms with Gasteiger partial charge in [0.25, 0.3) is 0 Å². The van der Waals surface area contributed by atoms with E-state index in [1.807, 2.05) is 0 Å². The second-order valence-corrected chi connectivity index (χ2v) is 2.24. The second kappa shape index (κ2) is 4.97. The Kier molecular flexibility index (Phi) is 4.54. The Bertz CT molecular complexity index is 141. The summed E-state index contributed by atoms with van der Waals surface area (Å²) >= 11 is 0. The van der Waals surface area contributed by atoms with Gasteiger partial charge in [0.05, 0.1) is 4.92 Å². The maximum Gasteiger partial charge on any atom is 0.239 e. The van der Waals surface area contributed by atoms with Gasteiger partial charge >= 0.3 is 0 Å². The molecule has 0 atom stereocenters. The summed E-state index contributed by atoms with van der Waals surface area (Å²) in [6.45, 7) is 3.59. The molecule has 10 heavy (non-hydrogen) atoms. The molecule has 0 unspecified atom stereocenters. The van der Waals surface area contributed by atoms with Crippen LogP contribution in [-0.4, -0.2) is 4.92 Å². The highest BCUT2D eigenvalue weighted by molar-refractivity contribution is 4.86. The highest BCUT2D eigenvalue weighted by Crippen LogP contribution is 2.00. The Balaban J connectivity index is 3.58. The molecule has 58 valence electrons. The summed E-state index contributed by atoms with van der Waals surface area (Å²) in [5.74, 6) is 0. The maximum atomic E-state index is 10.0. The van der Waals surface area contributed by atoms with Crippen LogP contribution in [0.1, 0.15) is 33.1 Å². The summed E-state index contributed by atoms with van der Waals surface area (Å²) in [5, 5.41) is 10.0. The van der Waals surface area contributed by atoms with Crippen LogP contribution in [0.3, 0.4) is 0 Å². The van der Waals surface area contributed by atoms with E-state index in [1.54, 1.807) is 6.08 Å². The Hall–Kier alpha value is -0.860. The Morgan fingerprint density at radius 1 is 1.70 bits per heavy atom. The fraction of sp³-hybridized carbons (Fsp3) is 0.714. The molecule has 0 N–H and O–H groups in total. The molecule has 0 amide bonds. The topological polar surface area (TPSA) is 43.1 Å². The molecule has 3 heteroatoms. The van der Waals surface area contributed by atoms with Crippen molar-refractivity contribution >= 4 is 0 Å². The van der Waals surface area contributed by atoms with Gasteiger partial charge in [-0.25, -0.2) is 0 Å². The molecule has 0 rings (SSSR count). The van der Waals surface area contributed by atoms with Crippen LogP contribution in [0.2, 0.25) is 0 Å². The SMILES string of the molecule is CCCC/C=C(\C)[N+](=O)[O-]. The Morgan fingerprint density at radius 3 is 2.70 bits per heavy atom. The molecule has 0 radical (unpaired) electrons. The zero-order valence-corrected chi connectivity index (χ0v) is 6.46. The number of nitro groups is 1. The van der Waals surface area contributed by atoms with Gasteiger partial charge in [-0.2, -0.15) is 0 Å². The number of nitrogens with zero attached hydrogens (tertiary/aromatic N) is 1. The molecule has 0 aromatic heterocycles. The zero-order chi connectivity index (χ0) is 7.98. The predicted octanol–water partition coefficient (Wildman–Crippen LogP) is 2.36. The van der Waals surface area contributed by atoms with E-state index in [0.717, 1.165) is 19.3 Å². The molecule has 3 nitrogen and oxygen atoms in total. The third-order valence-corrected chi connectivity index (χ3v) is 1.29. The first-order valence-electron chi connectivity index (χ1n) is 3.49. The van der Waals surface area contributed by atoms with Crippen LogP contribution in [-0.2, 0) is 0 Å². The molecule has 0 fully saturated rings. The van der Waals surface area contributed by atoms with Gasteiger partial charge in [-0.05, 0) is 18.9 Å². The van der Waals surface area contributed by atoms with Crippen molar-refractivity contribution in [1.82, 2.24) is 0 Å². The largest absolute Gasteiger partial charge is 0.259 e. The summed E-state index contributed by atoms with van der Waals surface area (Å²) in [5.41, 5.74) is 0.258. The van der Waals surface area contributed by atoms with E-state index in [0.29, 0.717) is 0 Å². The number of hydrogen-bond acceptors (Lipinski definition) is 2. The molecule has 0 heterocycles. The van der Waals surface area contributed by atoms with Gasteiger partial charge in [-0.1, -0.05) is 13.3 Å². The van der Waals surface area contributed by atoms with Crippen molar-refractivity contribution in [2.75, 3.05) is 0 Å². The molecule has 0 saturated carbocycles. The van der Waals surface area contributed by atoms with Crippen LogP contribution in [0, 0.1) is 10.1 Å². The van der Waals surface area contributed by atoms with E-state index in [-0.39, 0.29) is 10.6 Å². The maximum absolute atomic E-state index is 10.0. The lowest BCUT2D eigenvalue weighted by Crippen LogP contribution is -1.92. The average Bonchev–Trinajstić information content (AvgIpc) is 1.88. The summed E-state index contributed by atoms with van der Waals surface area (Å²) in [6, 6.07) is 0. The number of allylic oxidation sites excluding steroid dienone is 2. The first-order chi connectivity index (χ1) is 4.68. The van der Waals surface area contributed by atoms with Gasteiger partial charge in [-0.15, -0.1) is 0 Å². The summed E-state index contributed by atoms with van der Waals surface area (Å²) in [7, 11) is 0. The predicted molar refractivity (Wildman–Crippen MR) is 40.3 cm³/mol. The normalized spacial score (nSPS) is 11.6. The summed E-state index contributed by atoms with van der Waals surface area (Å²) < 4.78 is 0. The summed E-state index contributed by atoms with van der Waals surface area (Å²) in [6.07, 6.45) is 4.61. The van der Waals surface area contributed by atoms with Crippen LogP contribution in [0.15, 0.2) is 11.8 Å². The van der Waals surface area contributed by atoms with Crippen molar-refractivity contribution in [3.8, 4) is 0 Å². The fourth-order valence-corrected chi connectivity index (χ4v) is 0.590. The molecule has 0 aliphatic heterocycles.